The number of aliphatic imine (C=N–C) groups is 1. The molecule has 1 aliphatic rings. The Labute approximate surface area is 169 Å². The van der Waals surface area contributed by atoms with Gasteiger partial charge in [0.2, 0.25) is 5.91 Å². The van der Waals surface area contributed by atoms with Crippen LogP contribution in [-0.2, 0) is 11.2 Å². The van der Waals surface area contributed by atoms with Gasteiger partial charge in [0.05, 0.1) is 12.8 Å². The molecule has 2 aromatic rings. The fourth-order valence-corrected chi connectivity index (χ4v) is 4.03. The van der Waals surface area contributed by atoms with E-state index in [4.69, 9.17) is 4.74 Å². The number of amides is 1. The fourth-order valence-electron chi connectivity index (χ4n) is 3.05. The molecule has 146 valence electrons. The minimum absolute atomic E-state index is 0.0272. The van der Waals surface area contributed by atoms with Crippen LogP contribution in [0.4, 0.5) is 5.69 Å². The maximum atomic E-state index is 12.9. The molecule has 1 amide bonds. The number of para-hydroxylation sites is 1. The van der Waals surface area contributed by atoms with Crippen molar-refractivity contribution in [2.24, 2.45) is 4.99 Å². The van der Waals surface area contributed by atoms with Gasteiger partial charge >= 0.3 is 0 Å². The molecule has 1 saturated heterocycles. The van der Waals surface area contributed by atoms with E-state index in [2.05, 4.69) is 4.99 Å². The molecular weight excluding hydrogens is 372 g/mol. The summed E-state index contributed by atoms with van der Waals surface area (Å²) in [5.41, 5.74) is 2.43. The van der Waals surface area contributed by atoms with E-state index in [1.165, 1.54) is 0 Å². The van der Waals surface area contributed by atoms with Gasteiger partial charge in [0.1, 0.15) is 5.75 Å². The maximum Gasteiger partial charge on any atom is 0.228 e. The van der Waals surface area contributed by atoms with Crippen LogP contribution in [0.25, 0.3) is 0 Å². The molecule has 0 atom stereocenters. The molecule has 0 bridgehead atoms. The summed E-state index contributed by atoms with van der Waals surface area (Å²) in [6.07, 6.45) is 1.99. The molecule has 0 aromatic heterocycles. The average molecular weight is 397 g/mol. The third kappa shape index (κ3) is 5.01. The topological polar surface area (TPSA) is 59.0 Å². The molecule has 28 heavy (non-hydrogen) atoms. The first kappa shape index (κ1) is 20.1. The number of carbonyl (C=O) groups is 2. The van der Waals surface area contributed by atoms with E-state index >= 15 is 0 Å². The largest absolute Gasteiger partial charge is 0.496 e. The molecule has 6 heteroatoms. The molecular formula is C22H24N2O3S. The lowest BCUT2D eigenvalue weighted by Gasteiger charge is -2.28. The number of amidine groups is 1. The van der Waals surface area contributed by atoms with Gasteiger partial charge in [-0.25, -0.2) is 4.99 Å². The Morgan fingerprint density at radius 2 is 1.89 bits per heavy atom. The van der Waals surface area contributed by atoms with Gasteiger partial charge < -0.3 is 4.74 Å². The van der Waals surface area contributed by atoms with Crippen LogP contribution in [-0.4, -0.2) is 41.2 Å². The van der Waals surface area contributed by atoms with Gasteiger partial charge in [-0.3, -0.25) is 14.5 Å². The van der Waals surface area contributed by atoms with E-state index in [0.29, 0.717) is 24.9 Å². The maximum absolute atomic E-state index is 12.9. The predicted molar refractivity (Wildman–Crippen MR) is 114 cm³/mol. The Kier molecular flexibility index (Phi) is 6.87. The molecule has 0 spiro atoms. The zero-order valence-corrected chi connectivity index (χ0v) is 17.0. The Bertz CT molecular complexity index is 878. The zero-order chi connectivity index (χ0) is 19.9. The molecule has 0 saturated carbocycles. The number of ketones is 1. The summed E-state index contributed by atoms with van der Waals surface area (Å²) in [4.78, 5) is 30.7. The highest BCUT2D eigenvalue weighted by Crippen LogP contribution is 2.25. The van der Waals surface area contributed by atoms with Crippen molar-refractivity contribution in [1.29, 1.82) is 0 Å². The molecule has 1 aliphatic heterocycles. The number of hydrogen-bond donors (Lipinski definition) is 0. The zero-order valence-electron chi connectivity index (χ0n) is 16.2. The molecule has 0 unspecified atom stereocenters. The van der Waals surface area contributed by atoms with E-state index in [1.54, 1.807) is 42.8 Å². The van der Waals surface area contributed by atoms with Crippen LogP contribution in [0.5, 0.6) is 5.75 Å². The molecule has 0 N–H and O–H groups in total. The van der Waals surface area contributed by atoms with Crippen LogP contribution < -0.4 is 4.74 Å². The lowest BCUT2D eigenvalue weighted by molar-refractivity contribution is -0.127. The number of ether oxygens (including phenoxy) is 1. The highest BCUT2D eigenvalue weighted by molar-refractivity contribution is 8.13. The lowest BCUT2D eigenvalue weighted by Crippen LogP contribution is -2.39. The molecule has 5 nitrogen and oxygen atoms in total. The Balaban J connectivity index is 1.71. The first-order valence-electron chi connectivity index (χ1n) is 9.33. The fraction of sp³-hybridized carbons (Fsp3) is 0.318. The van der Waals surface area contributed by atoms with Crippen molar-refractivity contribution in [3.05, 3.63) is 59.7 Å². The van der Waals surface area contributed by atoms with E-state index in [0.717, 1.165) is 34.3 Å². The van der Waals surface area contributed by atoms with Gasteiger partial charge in [0, 0.05) is 24.3 Å². The van der Waals surface area contributed by atoms with Gasteiger partial charge in [0.25, 0.3) is 0 Å². The smallest absolute Gasteiger partial charge is 0.228 e. The summed E-state index contributed by atoms with van der Waals surface area (Å²) < 4.78 is 5.37. The van der Waals surface area contributed by atoms with E-state index < -0.39 is 0 Å². The minimum atomic E-state index is 0.0272. The van der Waals surface area contributed by atoms with Gasteiger partial charge in [-0.15, -0.1) is 0 Å². The second-order valence-corrected chi connectivity index (χ2v) is 7.62. The van der Waals surface area contributed by atoms with Crippen molar-refractivity contribution in [2.75, 3.05) is 19.4 Å². The molecule has 0 radical (unpaired) electrons. The first-order chi connectivity index (χ1) is 13.6. The van der Waals surface area contributed by atoms with Gasteiger partial charge in [-0.05, 0) is 55.7 Å². The molecule has 2 aromatic carbocycles. The number of aryl methyl sites for hydroxylation is 1. The molecule has 0 aliphatic carbocycles. The molecule has 1 fully saturated rings. The number of hydrogen-bond acceptors (Lipinski definition) is 5. The number of rotatable bonds is 6. The highest BCUT2D eigenvalue weighted by Gasteiger charge is 2.23. The number of carbonyl (C=O) groups excluding carboxylic acids is 2. The summed E-state index contributed by atoms with van der Waals surface area (Å²) in [7, 11) is 1.64. The minimum Gasteiger partial charge on any atom is -0.496 e. The molecule has 1 heterocycles. The number of Topliss-reactive ketones (excluding diaryl/α,β-unsaturated/α-hetero) is 1. The van der Waals surface area contributed by atoms with Crippen LogP contribution in [0, 0.1) is 0 Å². The van der Waals surface area contributed by atoms with E-state index in [9.17, 15) is 9.59 Å². The number of nitrogens with zero attached hydrogens (tertiary/aromatic N) is 2. The summed E-state index contributed by atoms with van der Waals surface area (Å²) >= 11 is 1.60. The SMILES string of the molecule is COc1ccccc1CCC(=O)N1CCCSC1=Nc1ccc(C(C)=O)cc1. The van der Waals surface area contributed by atoms with Crippen molar-refractivity contribution in [3.63, 3.8) is 0 Å². The third-order valence-electron chi connectivity index (χ3n) is 4.59. The average Bonchev–Trinajstić information content (AvgIpc) is 2.73. The second kappa shape index (κ2) is 9.55. The van der Waals surface area contributed by atoms with Gasteiger partial charge in [-0.1, -0.05) is 30.0 Å². The van der Waals surface area contributed by atoms with Crippen LogP contribution in [0.15, 0.2) is 53.5 Å². The Hall–Kier alpha value is -2.60. The van der Waals surface area contributed by atoms with Crippen LogP contribution in [0.3, 0.4) is 0 Å². The Morgan fingerprint density at radius 3 is 2.61 bits per heavy atom. The van der Waals surface area contributed by atoms with Crippen LogP contribution in [0.1, 0.15) is 35.7 Å². The van der Waals surface area contributed by atoms with Crippen LogP contribution in [0.2, 0.25) is 0 Å². The highest BCUT2D eigenvalue weighted by atomic mass is 32.2. The monoisotopic (exact) mass is 396 g/mol. The van der Waals surface area contributed by atoms with Crippen molar-refractivity contribution >= 4 is 34.3 Å². The van der Waals surface area contributed by atoms with Gasteiger partial charge in [0.15, 0.2) is 11.0 Å². The number of thioether (sulfide) groups is 1. The number of methoxy groups -OCH3 is 1. The quantitative estimate of drug-likeness (QED) is 0.676. The molecule has 3 rings (SSSR count). The summed E-state index contributed by atoms with van der Waals surface area (Å²) in [6.45, 7) is 2.22. The number of benzene rings is 2. The standard InChI is InChI=1S/C22H24N2O3S/c1-16(25)17-8-11-19(12-9-17)23-22-24(14-5-15-28-22)21(26)13-10-18-6-3-4-7-20(18)27-2/h3-4,6-9,11-12H,5,10,13-15H2,1-2H3. The summed E-state index contributed by atoms with van der Waals surface area (Å²) in [5, 5.41) is 0.729. The van der Waals surface area contributed by atoms with Crippen molar-refractivity contribution in [3.8, 4) is 5.75 Å². The Morgan fingerprint density at radius 1 is 1.14 bits per heavy atom. The first-order valence-corrected chi connectivity index (χ1v) is 10.3. The van der Waals surface area contributed by atoms with Crippen molar-refractivity contribution < 1.29 is 14.3 Å². The third-order valence-corrected chi connectivity index (χ3v) is 5.65. The van der Waals surface area contributed by atoms with E-state index in [1.807, 2.05) is 36.4 Å². The van der Waals surface area contributed by atoms with Crippen molar-refractivity contribution in [2.45, 2.75) is 26.2 Å². The van der Waals surface area contributed by atoms with E-state index in [-0.39, 0.29) is 11.7 Å². The van der Waals surface area contributed by atoms with Crippen molar-refractivity contribution in [1.82, 2.24) is 4.90 Å². The van der Waals surface area contributed by atoms with Gasteiger partial charge in [-0.2, -0.15) is 0 Å². The lowest BCUT2D eigenvalue weighted by atomic mass is 10.1. The normalized spacial score (nSPS) is 15.5. The second-order valence-electron chi connectivity index (χ2n) is 6.56. The summed E-state index contributed by atoms with van der Waals surface area (Å²) in [5.74, 6) is 1.85. The van der Waals surface area contributed by atoms with Crippen LogP contribution >= 0.6 is 11.8 Å². The predicted octanol–water partition coefficient (Wildman–Crippen LogP) is 4.48. The summed E-state index contributed by atoms with van der Waals surface area (Å²) in [6, 6.07) is 14.9.